The zero-order valence-corrected chi connectivity index (χ0v) is 11.9. The number of likely N-dealkylation sites (N-methyl/N-ethyl adjacent to an activating group) is 1. The molecular weight excluding hydrogens is 248 g/mol. The van der Waals surface area contributed by atoms with Gasteiger partial charge in [-0.1, -0.05) is 18.2 Å². The summed E-state index contributed by atoms with van der Waals surface area (Å²) in [6.45, 7) is 1.09. The number of quaternary nitrogens is 1. The molecule has 1 aromatic heterocycles. The standard InChI is InChI=1S/C17H21N2O/c1-19(13-6-7-16(19)17(20)10-13)9-8-12-11-18-15-5-3-2-4-14(12)15/h2-5,11,13,16,18H,6-10H2,1H3/q+1/t13-,16+,19?/m0/s1. The number of hydrogen-bond acceptors (Lipinski definition) is 1. The highest BCUT2D eigenvalue weighted by atomic mass is 16.1. The molecule has 3 nitrogen and oxygen atoms in total. The summed E-state index contributed by atoms with van der Waals surface area (Å²) in [5.74, 6) is 0.502. The molecule has 0 saturated carbocycles. The van der Waals surface area contributed by atoms with Crippen molar-refractivity contribution < 1.29 is 9.28 Å². The Morgan fingerprint density at radius 1 is 1.30 bits per heavy atom. The van der Waals surface area contributed by atoms with Gasteiger partial charge in [-0.2, -0.15) is 0 Å². The van der Waals surface area contributed by atoms with E-state index in [0.717, 1.165) is 30.3 Å². The zero-order valence-electron chi connectivity index (χ0n) is 11.9. The number of hydrogen-bond donors (Lipinski definition) is 1. The zero-order chi connectivity index (χ0) is 13.7. The Labute approximate surface area is 119 Å². The van der Waals surface area contributed by atoms with Crippen LogP contribution in [0.1, 0.15) is 24.8 Å². The van der Waals surface area contributed by atoms with E-state index in [2.05, 4.69) is 42.5 Å². The van der Waals surface area contributed by atoms with Gasteiger partial charge >= 0.3 is 0 Å². The number of fused-ring (bicyclic) bond motifs is 3. The van der Waals surface area contributed by atoms with Gasteiger partial charge < -0.3 is 9.47 Å². The number of aromatic nitrogens is 1. The molecule has 4 rings (SSSR count). The third-order valence-corrected chi connectivity index (χ3v) is 5.67. The van der Waals surface area contributed by atoms with Gasteiger partial charge in [0, 0.05) is 36.4 Å². The molecule has 2 saturated heterocycles. The van der Waals surface area contributed by atoms with E-state index in [1.807, 2.05) is 0 Å². The molecule has 2 aliphatic heterocycles. The molecule has 2 aromatic rings. The predicted octanol–water partition coefficient (Wildman–Crippen LogP) is 2.66. The van der Waals surface area contributed by atoms with Crippen LogP contribution in [0, 0.1) is 0 Å². The fourth-order valence-electron chi connectivity index (χ4n) is 4.40. The summed E-state index contributed by atoms with van der Waals surface area (Å²) in [5.41, 5.74) is 2.60. The number of nitrogens with zero attached hydrogens (tertiary/aromatic N) is 1. The maximum atomic E-state index is 12.0. The van der Waals surface area contributed by atoms with Gasteiger partial charge in [0.05, 0.1) is 26.1 Å². The number of rotatable bonds is 3. The smallest absolute Gasteiger partial charge is 0.195 e. The van der Waals surface area contributed by atoms with Crippen LogP contribution in [0.3, 0.4) is 0 Å². The first-order chi connectivity index (χ1) is 9.68. The molecule has 20 heavy (non-hydrogen) atoms. The van der Waals surface area contributed by atoms with Crippen molar-refractivity contribution in [2.45, 2.75) is 37.8 Å². The van der Waals surface area contributed by atoms with Crippen molar-refractivity contribution in [2.75, 3.05) is 13.6 Å². The highest BCUT2D eigenvalue weighted by Gasteiger charge is 2.56. The summed E-state index contributed by atoms with van der Waals surface area (Å²) in [4.78, 5) is 15.4. The maximum Gasteiger partial charge on any atom is 0.195 e. The topological polar surface area (TPSA) is 32.9 Å². The molecule has 104 valence electrons. The minimum Gasteiger partial charge on any atom is -0.361 e. The summed E-state index contributed by atoms with van der Waals surface area (Å²) < 4.78 is 0.984. The van der Waals surface area contributed by atoms with Crippen LogP contribution in [0.4, 0.5) is 0 Å². The Bertz CT molecular complexity index is 674. The number of benzene rings is 1. The second kappa shape index (κ2) is 4.19. The van der Waals surface area contributed by atoms with E-state index in [4.69, 9.17) is 0 Å². The number of aromatic amines is 1. The van der Waals surface area contributed by atoms with Crippen LogP contribution in [0.2, 0.25) is 0 Å². The summed E-state index contributed by atoms with van der Waals surface area (Å²) in [6.07, 6.45) is 6.35. The molecule has 1 aromatic carbocycles. The molecule has 0 aliphatic carbocycles. The molecular formula is C17H21N2O+. The molecule has 2 fully saturated rings. The van der Waals surface area contributed by atoms with E-state index in [-0.39, 0.29) is 6.04 Å². The monoisotopic (exact) mass is 269 g/mol. The van der Waals surface area contributed by atoms with Gasteiger partial charge in [-0.15, -0.1) is 0 Å². The molecule has 2 bridgehead atoms. The fourth-order valence-corrected chi connectivity index (χ4v) is 4.40. The van der Waals surface area contributed by atoms with Gasteiger partial charge in [-0.25, -0.2) is 0 Å². The normalized spacial score (nSPS) is 32.4. The number of para-hydroxylation sites is 1. The minimum atomic E-state index is 0.283. The fraction of sp³-hybridized carbons (Fsp3) is 0.471. The molecule has 1 unspecified atom stereocenters. The second-order valence-electron chi connectivity index (χ2n) is 6.60. The Morgan fingerprint density at radius 3 is 2.90 bits per heavy atom. The average molecular weight is 269 g/mol. The van der Waals surface area contributed by atoms with Crippen molar-refractivity contribution >= 4 is 16.7 Å². The second-order valence-corrected chi connectivity index (χ2v) is 6.60. The Hall–Kier alpha value is -1.61. The molecule has 0 amide bonds. The van der Waals surface area contributed by atoms with E-state index in [1.165, 1.54) is 22.9 Å². The third-order valence-electron chi connectivity index (χ3n) is 5.67. The van der Waals surface area contributed by atoms with Crippen molar-refractivity contribution in [2.24, 2.45) is 0 Å². The average Bonchev–Trinajstić information content (AvgIpc) is 3.07. The van der Waals surface area contributed by atoms with Gasteiger partial charge in [-0.3, -0.25) is 4.79 Å². The largest absolute Gasteiger partial charge is 0.361 e. The third kappa shape index (κ3) is 1.59. The van der Waals surface area contributed by atoms with Gasteiger partial charge in [-0.05, 0) is 11.6 Å². The van der Waals surface area contributed by atoms with Crippen LogP contribution in [0.25, 0.3) is 10.9 Å². The van der Waals surface area contributed by atoms with Crippen molar-refractivity contribution in [3.63, 3.8) is 0 Å². The van der Waals surface area contributed by atoms with Crippen molar-refractivity contribution in [1.29, 1.82) is 0 Å². The van der Waals surface area contributed by atoms with E-state index in [1.54, 1.807) is 0 Å². The van der Waals surface area contributed by atoms with Crippen LogP contribution in [-0.2, 0) is 11.2 Å². The Kier molecular flexibility index (Phi) is 2.55. The lowest BCUT2D eigenvalue weighted by Gasteiger charge is -2.34. The first-order valence-corrected chi connectivity index (χ1v) is 7.61. The maximum absolute atomic E-state index is 12.0. The van der Waals surface area contributed by atoms with Crippen LogP contribution < -0.4 is 0 Å². The van der Waals surface area contributed by atoms with Crippen molar-refractivity contribution in [3.8, 4) is 0 Å². The van der Waals surface area contributed by atoms with Crippen LogP contribution in [-0.4, -0.2) is 40.9 Å². The van der Waals surface area contributed by atoms with Crippen LogP contribution in [0.15, 0.2) is 30.5 Å². The van der Waals surface area contributed by atoms with Crippen molar-refractivity contribution in [3.05, 3.63) is 36.0 Å². The number of carbonyl (C=O) groups is 1. The number of H-pyrrole nitrogens is 1. The van der Waals surface area contributed by atoms with Gasteiger partial charge in [0.25, 0.3) is 0 Å². The molecule has 1 N–H and O–H groups in total. The molecule has 2 aliphatic rings. The summed E-state index contributed by atoms with van der Waals surface area (Å²) >= 11 is 0. The molecule has 0 radical (unpaired) electrons. The molecule has 3 heteroatoms. The van der Waals surface area contributed by atoms with Crippen molar-refractivity contribution in [1.82, 2.24) is 4.98 Å². The van der Waals surface area contributed by atoms with Gasteiger partial charge in [0.1, 0.15) is 6.04 Å². The minimum absolute atomic E-state index is 0.283. The quantitative estimate of drug-likeness (QED) is 0.854. The van der Waals surface area contributed by atoms with Crippen LogP contribution in [0.5, 0.6) is 0 Å². The van der Waals surface area contributed by atoms with Gasteiger partial charge in [0.2, 0.25) is 0 Å². The lowest BCUT2D eigenvalue weighted by Crippen LogP contribution is -2.50. The molecule has 0 spiro atoms. The summed E-state index contributed by atoms with van der Waals surface area (Å²) in [7, 11) is 2.29. The van der Waals surface area contributed by atoms with E-state index < -0.39 is 0 Å². The van der Waals surface area contributed by atoms with E-state index in [9.17, 15) is 4.79 Å². The first-order valence-electron chi connectivity index (χ1n) is 7.61. The summed E-state index contributed by atoms with van der Waals surface area (Å²) in [6, 6.07) is 9.33. The number of carbonyl (C=O) groups excluding carboxylic acids is 1. The first kappa shape index (κ1) is 12.2. The Balaban J connectivity index is 1.58. The van der Waals surface area contributed by atoms with E-state index in [0.29, 0.717) is 11.8 Å². The van der Waals surface area contributed by atoms with Crippen LogP contribution >= 0.6 is 0 Å². The highest BCUT2D eigenvalue weighted by Crippen LogP contribution is 2.41. The highest BCUT2D eigenvalue weighted by molar-refractivity contribution is 5.86. The number of nitrogens with one attached hydrogen (secondary N) is 1. The van der Waals surface area contributed by atoms with E-state index >= 15 is 0 Å². The predicted molar refractivity (Wildman–Crippen MR) is 79.5 cm³/mol. The number of ketones is 1. The SMILES string of the molecule is C[N+]1(CCc2c[nH]c3ccccc23)[C@H]2CC[C@@H]1C(=O)C2. The summed E-state index contributed by atoms with van der Waals surface area (Å²) in [5, 5.41) is 1.33. The lowest BCUT2D eigenvalue weighted by atomic mass is 10.00. The lowest BCUT2D eigenvalue weighted by molar-refractivity contribution is -0.926. The molecule has 3 atom stereocenters. The molecule has 3 heterocycles. The number of Topliss-reactive ketones (excluding diaryl/α,β-unsaturated/α-hetero) is 1. The van der Waals surface area contributed by atoms with Gasteiger partial charge in [0.15, 0.2) is 5.78 Å². The Morgan fingerprint density at radius 2 is 2.15 bits per heavy atom.